The van der Waals surface area contributed by atoms with Gasteiger partial charge in [0.05, 0.1) is 0 Å². The third-order valence-corrected chi connectivity index (χ3v) is 9.76. The summed E-state index contributed by atoms with van der Waals surface area (Å²) in [6.07, 6.45) is 0. The topological polar surface area (TPSA) is 78.1 Å². The third-order valence-electron chi connectivity index (χ3n) is 9.76. The van der Waals surface area contributed by atoms with Crippen LogP contribution in [0.25, 0.3) is 111 Å². The first-order valence-electron chi connectivity index (χ1n) is 16.8. The van der Waals surface area contributed by atoms with Crippen LogP contribution in [0, 0.1) is 0 Å². The van der Waals surface area contributed by atoms with E-state index >= 15 is 0 Å². The fourth-order valence-corrected chi connectivity index (χ4v) is 7.34. The molecule has 0 aliphatic carbocycles. The van der Waals surface area contributed by atoms with Crippen molar-refractivity contribution in [2.45, 2.75) is 0 Å². The van der Waals surface area contributed by atoms with Crippen molar-refractivity contribution in [3.8, 4) is 45.3 Å². The molecular formula is C45H25N3O3. The lowest BCUT2D eigenvalue weighted by Crippen LogP contribution is -2.00. The molecule has 0 N–H and O–H groups in total. The number of aromatic nitrogens is 3. The van der Waals surface area contributed by atoms with Crippen molar-refractivity contribution in [1.82, 2.24) is 15.0 Å². The first-order valence-corrected chi connectivity index (χ1v) is 16.8. The maximum atomic E-state index is 6.69. The molecule has 0 spiro atoms. The molecule has 4 heterocycles. The highest BCUT2D eigenvalue weighted by Crippen LogP contribution is 2.43. The lowest BCUT2D eigenvalue weighted by molar-refractivity contribution is 0.668. The summed E-state index contributed by atoms with van der Waals surface area (Å²) in [5.41, 5.74) is 9.62. The van der Waals surface area contributed by atoms with Gasteiger partial charge in [0.15, 0.2) is 17.5 Å². The van der Waals surface area contributed by atoms with Gasteiger partial charge in [0.25, 0.3) is 0 Å². The second-order valence-electron chi connectivity index (χ2n) is 12.8. The third kappa shape index (κ3) is 4.33. The summed E-state index contributed by atoms with van der Waals surface area (Å²) in [5, 5.41) is 6.16. The molecule has 6 nitrogen and oxygen atoms in total. The summed E-state index contributed by atoms with van der Waals surface area (Å²) in [6.45, 7) is 0. The molecule has 0 unspecified atom stereocenters. The van der Waals surface area contributed by atoms with Gasteiger partial charge >= 0.3 is 0 Å². The summed E-state index contributed by atoms with van der Waals surface area (Å²) in [5.74, 6) is 1.73. The van der Waals surface area contributed by atoms with E-state index in [4.69, 9.17) is 28.2 Å². The molecule has 0 amide bonds. The second-order valence-corrected chi connectivity index (χ2v) is 12.8. The van der Waals surface area contributed by atoms with Crippen molar-refractivity contribution < 1.29 is 13.3 Å². The molecule has 0 aliphatic heterocycles. The Hall–Kier alpha value is -7.05. The molecule has 11 rings (SSSR count). The van der Waals surface area contributed by atoms with E-state index in [1.807, 2.05) is 103 Å². The highest BCUT2D eigenvalue weighted by atomic mass is 16.3. The molecule has 11 aromatic rings. The molecular weight excluding hydrogens is 631 g/mol. The van der Waals surface area contributed by atoms with Crippen LogP contribution in [-0.4, -0.2) is 15.0 Å². The minimum atomic E-state index is 0.565. The number of hydrogen-bond donors (Lipinski definition) is 0. The van der Waals surface area contributed by atoms with Gasteiger partial charge in [-0.2, -0.15) is 0 Å². The van der Waals surface area contributed by atoms with Crippen LogP contribution in [0.1, 0.15) is 0 Å². The molecule has 0 radical (unpaired) electrons. The Labute approximate surface area is 290 Å². The van der Waals surface area contributed by atoms with Crippen molar-refractivity contribution in [2.75, 3.05) is 0 Å². The lowest BCUT2D eigenvalue weighted by Gasteiger charge is -2.11. The van der Waals surface area contributed by atoms with E-state index in [9.17, 15) is 0 Å². The number of furan rings is 3. The van der Waals surface area contributed by atoms with Crippen LogP contribution < -0.4 is 0 Å². The van der Waals surface area contributed by atoms with Gasteiger partial charge in [-0.25, -0.2) is 15.0 Å². The van der Waals surface area contributed by atoms with Crippen LogP contribution in [-0.2, 0) is 0 Å². The fraction of sp³-hybridized carbons (Fsp3) is 0. The molecule has 0 saturated heterocycles. The molecule has 0 saturated carbocycles. The van der Waals surface area contributed by atoms with Crippen molar-refractivity contribution in [3.05, 3.63) is 152 Å². The maximum absolute atomic E-state index is 6.69. The Morgan fingerprint density at radius 2 is 0.804 bits per heavy atom. The minimum Gasteiger partial charge on any atom is -0.456 e. The Morgan fingerprint density at radius 3 is 1.49 bits per heavy atom. The van der Waals surface area contributed by atoms with Gasteiger partial charge in [0, 0.05) is 54.6 Å². The molecule has 0 aliphatic rings. The summed E-state index contributed by atoms with van der Waals surface area (Å²) in [7, 11) is 0. The number of hydrogen-bond acceptors (Lipinski definition) is 6. The van der Waals surface area contributed by atoms with Crippen LogP contribution in [0.5, 0.6) is 0 Å². The van der Waals surface area contributed by atoms with E-state index in [1.165, 1.54) is 0 Å². The van der Waals surface area contributed by atoms with Crippen LogP contribution in [0.4, 0.5) is 0 Å². The Bertz CT molecular complexity index is 3150. The highest BCUT2D eigenvalue weighted by Gasteiger charge is 2.21. The van der Waals surface area contributed by atoms with E-state index in [0.29, 0.717) is 17.5 Å². The van der Waals surface area contributed by atoms with Crippen LogP contribution in [0.3, 0.4) is 0 Å². The first-order chi connectivity index (χ1) is 25.2. The predicted octanol–water partition coefficient (Wildman–Crippen LogP) is 12.2. The summed E-state index contributed by atoms with van der Waals surface area (Å²) in [4.78, 5) is 15.3. The maximum Gasteiger partial charge on any atom is 0.164 e. The van der Waals surface area contributed by atoms with Gasteiger partial charge < -0.3 is 13.3 Å². The number of para-hydroxylation sites is 3. The van der Waals surface area contributed by atoms with Crippen molar-refractivity contribution in [2.24, 2.45) is 0 Å². The fourth-order valence-electron chi connectivity index (χ4n) is 7.34. The van der Waals surface area contributed by atoms with E-state index in [0.717, 1.165) is 93.6 Å². The van der Waals surface area contributed by atoms with Crippen LogP contribution >= 0.6 is 0 Å². The monoisotopic (exact) mass is 655 g/mol. The smallest absolute Gasteiger partial charge is 0.164 e. The SMILES string of the molecule is c1ccc(-c2nc(-c3ccc4oc5ccccc5c4c3)nc(-c3ccc(-c4ccc5oc6ccccc6c5c4)c4oc5ccccc5c34)n2)cc1. The van der Waals surface area contributed by atoms with Crippen LogP contribution in [0.2, 0.25) is 0 Å². The van der Waals surface area contributed by atoms with Gasteiger partial charge in [0.2, 0.25) is 0 Å². The molecule has 6 heteroatoms. The normalized spacial score (nSPS) is 11.9. The van der Waals surface area contributed by atoms with E-state index in [1.54, 1.807) is 0 Å². The molecule has 51 heavy (non-hydrogen) atoms. The molecule has 7 aromatic carbocycles. The van der Waals surface area contributed by atoms with Crippen molar-refractivity contribution in [1.29, 1.82) is 0 Å². The van der Waals surface area contributed by atoms with E-state index in [2.05, 4.69) is 48.5 Å². The Kier molecular flexibility index (Phi) is 5.86. The first kappa shape index (κ1) is 27.9. The molecule has 0 atom stereocenters. The zero-order valence-corrected chi connectivity index (χ0v) is 27.0. The minimum absolute atomic E-state index is 0.565. The summed E-state index contributed by atoms with van der Waals surface area (Å²) >= 11 is 0. The zero-order valence-electron chi connectivity index (χ0n) is 27.0. The Morgan fingerprint density at radius 1 is 0.314 bits per heavy atom. The largest absolute Gasteiger partial charge is 0.456 e. The quantitative estimate of drug-likeness (QED) is 0.188. The number of benzene rings is 7. The van der Waals surface area contributed by atoms with Gasteiger partial charge in [-0.05, 0) is 66.2 Å². The predicted molar refractivity (Wildman–Crippen MR) is 203 cm³/mol. The van der Waals surface area contributed by atoms with Gasteiger partial charge in [-0.15, -0.1) is 0 Å². The molecule has 0 bridgehead atoms. The van der Waals surface area contributed by atoms with Crippen LogP contribution in [0.15, 0.2) is 165 Å². The average molecular weight is 656 g/mol. The number of nitrogens with zero attached hydrogens (tertiary/aromatic N) is 3. The van der Waals surface area contributed by atoms with Gasteiger partial charge in [-0.3, -0.25) is 0 Å². The zero-order chi connectivity index (χ0) is 33.5. The second kappa shape index (κ2) is 10.7. The van der Waals surface area contributed by atoms with Gasteiger partial charge in [0.1, 0.15) is 33.5 Å². The van der Waals surface area contributed by atoms with E-state index < -0.39 is 0 Å². The van der Waals surface area contributed by atoms with Crippen molar-refractivity contribution >= 4 is 65.8 Å². The van der Waals surface area contributed by atoms with Gasteiger partial charge in [-0.1, -0.05) is 91.0 Å². The standard InChI is InChI=1S/C45H25N3O3/c1-2-10-26(11-3-1)43-46-44(28-19-23-40-35(25-28)31-13-5-8-16-37(31)50-40)48-45(47-43)33-21-20-29(42-41(33)32-14-6-9-17-38(32)51-42)27-18-22-39-34(24-27)30-12-4-7-15-36(30)49-39/h1-25H. The molecule has 0 fully saturated rings. The molecule has 238 valence electrons. The highest BCUT2D eigenvalue weighted by molar-refractivity contribution is 6.16. The average Bonchev–Trinajstić information content (AvgIpc) is 3.89. The van der Waals surface area contributed by atoms with E-state index in [-0.39, 0.29) is 0 Å². The number of fused-ring (bicyclic) bond motifs is 9. The summed E-state index contributed by atoms with van der Waals surface area (Å²) < 4.78 is 19.0. The number of rotatable bonds is 4. The lowest BCUT2D eigenvalue weighted by atomic mass is 9.97. The Balaban J connectivity index is 1.16. The summed E-state index contributed by atoms with van der Waals surface area (Å²) in [6, 6.07) is 51.1. The molecule has 4 aromatic heterocycles. The van der Waals surface area contributed by atoms with Crippen molar-refractivity contribution in [3.63, 3.8) is 0 Å².